The summed E-state index contributed by atoms with van der Waals surface area (Å²) >= 11 is 6.30. The van der Waals surface area contributed by atoms with Gasteiger partial charge in [-0.25, -0.2) is 0 Å². The molecular formula is C39H52ClN3O3. The highest BCUT2D eigenvalue weighted by atomic mass is 35.5. The number of hydrogen-bond acceptors (Lipinski definition) is 5. The van der Waals surface area contributed by atoms with Gasteiger partial charge in [-0.15, -0.1) is 0 Å². The number of anilines is 2. The summed E-state index contributed by atoms with van der Waals surface area (Å²) < 4.78 is 12.0. The Balaban J connectivity index is 1.38. The van der Waals surface area contributed by atoms with Crippen molar-refractivity contribution in [3.05, 3.63) is 82.4 Å². The zero-order chi connectivity index (χ0) is 33.0. The van der Waals surface area contributed by atoms with Crippen molar-refractivity contribution in [1.82, 2.24) is 4.90 Å². The van der Waals surface area contributed by atoms with Gasteiger partial charge < -0.3 is 24.2 Å². The molecule has 1 aliphatic heterocycles. The van der Waals surface area contributed by atoms with E-state index < -0.39 is 0 Å². The highest BCUT2D eigenvalue weighted by Gasteiger charge is 2.36. The molecule has 2 aliphatic rings. The molecule has 0 spiro atoms. The Bertz CT molecular complexity index is 1450. The molecular weight excluding hydrogens is 594 g/mol. The summed E-state index contributed by atoms with van der Waals surface area (Å²) in [6.07, 6.45) is 6.30. The fourth-order valence-corrected chi connectivity index (χ4v) is 7.35. The van der Waals surface area contributed by atoms with Gasteiger partial charge >= 0.3 is 0 Å². The van der Waals surface area contributed by atoms with Gasteiger partial charge in [0.15, 0.2) is 11.5 Å². The highest BCUT2D eigenvalue weighted by Crippen LogP contribution is 2.44. The number of nitrogens with zero attached hydrogens (tertiary/aromatic N) is 3. The fraction of sp³-hybridized carbons (Fsp3) is 0.513. The van der Waals surface area contributed by atoms with Crippen LogP contribution >= 0.6 is 11.6 Å². The van der Waals surface area contributed by atoms with Crippen molar-refractivity contribution in [2.24, 2.45) is 11.8 Å². The lowest BCUT2D eigenvalue weighted by Crippen LogP contribution is -2.41. The van der Waals surface area contributed by atoms with Crippen LogP contribution in [-0.4, -0.2) is 57.2 Å². The normalized spacial score (nSPS) is 20.5. The lowest BCUT2D eigenvalue weighted by Gasteiger charge is -2.38. The Morgan fingerprint density at radius 3 is 2.22 bits per heavy atom. The molecule has 0 saturated heterocycles. The minimum Gasteiger partial charge on any atom is -0.493 e. The Hall–Kier alpha value is -3.22. The molecule has 7 heteroatoms. The predicted molar refractivity (Wildman–Crippen MR) is 191 cm³/mol. The van der Waals surface area contributed by atoms with Gasteiger partial charge in [-0.1, -0.05) is 44.5 Å². The van der Waals surface area contributed by atoms with Crippen LogP contribution in [0.1, 0.15) is 82.5 Å². The topological polar surface area (TPSA) is 45.3 Å². The summed E-state index contributed by atoms with van der Waals surface area (Å²) in [5.74, 6) is 2.80. The number of amides is 1. The van der Waals surface area contributed by atoms with Gasteiger partial charge in [-0.3, -0.25) is 4.79 Å². The Morgan fingerprint density at radius 2 is 1.61 bits per heavy atom. The van der Waals surface area contributed by atoms with Crippen molar-refractivity contribution in [2.45, 2.75) is 84.4 Å². The van der Waals surface area contributed by atoms with E-state index in [1.807, 2.05) is 35.2 Å². The molecule has 0 radical (unpaired) electrons. The van der Waals surface area contributed by atoms with Crippen molar-refractivity contribution < 1.29 is 14.3 Å². The quantitative estimate of drug-likeness (QED) is 0.197. The molecule has 1 saturated carbocycles. The number of carbonyl (C=O) groups excluding carboxylic acids is 1. The van der Waals surface area contributed by atoms with Crippen molar-refractivity contribution in [2.75, 3.05) is 44.1 Å². The van der Waals surface area contributed by atoms with Gasteiger partial charge in [-0.2, -0.15) is 0 Å². The van der Waals surface area contributed by atoms with E-state index in [4.69, 9.17) is 21.1 Å². The third kappa shape index (κ3) is 7.83. The number of ether oxygens (including phenoxy) is 2. The maximum Gasteiger partial charge on any atom is 0.232 e. The smallest absolute Gasteiger partial charge is 0.232 e. The van der Waals surface area contributed by atoms with E-state index in [0.717, 1.165) is 35.3 Å². The lowest BCUT2D eigenvalue weighted by atomic mass is 9.85. The van der Waals surface area contributed by atoms with Crippen LogP contribution in [0.25, 0.3) is 0 Å². The molecule has 2 atom stereocenters. The number of hydrogen-bond donors (Lipinski definition) is 0. The maximum atomic E-state index is 13.9. The fourth-order valence-electron chi connectivity index (χ4n) is 7.23. The van der Waals surface area contributed by atoms with Gasteiger partial charge in [0.25, 0.3) is 0 Å². The molecule has 248 valence electrons. The van der Waals surface area contributed by atoms with E-state index in [1.54, 1.807) is 7.11 Å². The third-order valence-corrected chi connectivity index (χ3v) is 10.1. The van der Waals surface area contributed by atoms with Gasteiger partial charge in [0.2, 0.25) is 5.91 Å². The Labute approximate surface area is 281 Å². The Kier molecular flexibility index (Phi) is 11.2. The molecule has 1 heterocycles. The summed E-state index contributed by atoms with van der Waals surface area (Å²) in [5, 5.41) is 0.664. The first-order valence-electron chi connectivity index (χ1n) is 17.0. The van der Waals surface area contributed by atoms with Crippen LogP contribution in [0, 0.1) is 11.8 Å². The first-order valence-corrected chi connectivity index (χ1v) is 17.4. The largest absolute Gasteiger partial charge is 0.493 e. The molecule has 46 heavy (non-hydrogen) atoms. The summed E-state index contributed by atoms with van der Waals surface area (Å²) in [7, 11) is 6.13. The predicted octanol–water partition coefficient (Wildman–Crippen LogP) is 8.79. The van der Waals surface area contributed by atoms with E-state index in [1.165, 1.54) is 37.9 Å². The Morgan fingerprint density at radius 1 is 0.935 bits per heavy atom. The third-order valence-electron chi connectivity index (χ3n) is 9.87. The number of fused-ring (bicyclic) bond motifs is 1. The monoisotopic (exact) mass is 645 g/mol. The summed E-state index contributed by atoms with van der Waals surface area (Å²) in [4.78, 5) is 20.8. The second-order valence-electron chi connectivity index (χ2n) is 13.8. The molecule has 5 rings (SSSR count). The second kappa shape index (κ2) is 15.1. The van der Waals surface area contributed by atoms with Gasteiger partial charge in [0, 0.05) is 42.6 Å². The van der Waals surface area contributed by atoms with Crippen LogP contribution in [0.5, 0.6) is 11.5 Å². The average Bonchev–Trinajstić information content (AvgIpc) is 3.04. The number of benzene rings is 3. The van der Waals surface area contributed by atoms with Gasteiger partial charge in [0.1, 0.15) is 0 Å². The van der Waals surface area contributed by atoms with Crippen molar-refractivity contribution in [3.8, 4) is 11.5 Å². The number of halogens is 1. The van der Waals surface area contributed by atoms with Crippen LogP contribution in [0.3, 0.4) is 0 Å². The first kappa shape index (κ1) is 34.1. The van der Waals surface area contributed by atoms with Gasteiger partial charge in [0.05, 0.1) is 25.7 Å². The molecule has 1 unspecified atom stereocenters. The van der Waals surface area contributed by atoms with E-state index in [2.05, 4.69) is 81.9 Å². The molecule has 1 aliphatic carbocycles. The molecule has 1 fully saturated rings. The van der Waals surface area contributed by atoms with E-state index in [-0.39, 0.29) is 24.5 Å². The summed E-state index contributed by atoms with van der Waals surface area (Å²) in [6.45, 7) is 11.0. The van der Waals surface area contributed by atoms with Crippen LogP contribution in [0.4, 0.5) is 11.4 Å². The minimum atomic E-state index is -0.328. The van der Waals surface area contributed by atoms with Crippen LogP contribution in [-0.2, 0) is 11.2 Å². The molecule has 1 amide bonds. The van der Waals surface area contributed by atoms with Gasteiger partial charge in [-0.05, 0) is 123 Å². The molecule has 0 bridgehead atoms. The number of carbonyl (C=O) groups is 1. The zero-order valence-corrected chi connectivity index (χ0v) is 29.5. The SMILES string of the molecule is CC[C@@H](C)Oc1cc2c(cc1OC)CC(=O)N(c1ccc(N(C)C[C@H]3CC[C@H](N(C)CC(C)C)CC3)cc1)C2c1ccc(Cl)cc1. The zero-order valence-electron chi connectivity index (χ0n) is 28.8. The molecule has 0 aromatic heterocycles. The van der Waals surface area contributed by atoms with Crippen molar-refractivity contribution >= 4 is 28.9 Å². The van der Waals surface area contributed by atoms with Crippen molar-refractivity contribution in [3.63, 3.8) is 0 Å². The summed E-state index contributed by atoms with van der Waals surface area (Å²) in [5.41, 5.74) is 5.04. The lowest BCUT2D eigenvalue weighted by molar-refractivity contribution is -0.118. The van der Waals surface area contributed by atoms with Crippen LogP contribution < -0.4 is 19.3 Å². The first-order chi connectivity index (χ1) is 22.1. The molecule has 3 aromatic rings. The maximum absolute atomic E-state index is 13.9. The minimum absolute atomic E-state index is 0.0352. The van der Waals surface area contributed by atoms with E-state index >= 15 is 0 Å². The standard InChI is InChI=1S/C39H52ClN3O3/c1-8-27(4)46-37-23-35-30(21-36(37)45-7)22-38(44)43(39(35)29-11-13-31(40)14-12-29)34-19-17-33(18-20-34)42(6)25-28-9-15-32(16-10-28)41(5)24-26(2)3/h11-14,17-21,23,26-28,32,39H,8-10,15-16,22,24-25H2,1-7H3/t27-,28-,32-,39?/m1/s1. The summed E-state index contributed by atoms with van der Waals surface area (Å²) in [6, 6.07) is 20.7. The van der Waals surface area contributed by atoms with Crippen LogP contribution in [0.2, 0.25) is 5.02 Å². The molecule has 0 N–H and O–H groups in total. The van der Waals surface area contributed by atoms with Crippen molar-refractivity contribution in [1.29, 1.82) is 0 Å². The highest BCUT2D eigenvalue weighted by molar-refractivity contribution is 6.30. The second-order valence-corrected chi connectivity index (χ2v) is 14.3. The number of rotatable bonds is 12. The van der Waals surface area contributed by atoms with Crippen LogP contribution in [0.15, 0.2) is 60.7 Å². The average molecular weight is 646 g/mol. The number of methoxy groups -OCH3 is 1. The van der Waals surface area contributed by atoms with E-state index in [9.17, 15) is 4.79 Å². The molecule has 3 aromatic carbocycles. The van der Waals surface area contributed by atoms with E-state index in [0.29, 0.717) is 34.4 Å². The molecule has 6 nitrogen and oxygen atoms in total.